The van der Waals surface area contributed by atoms with Gasteiger partial charge in [0, 0.05) is 14.2 Å². The van der Waals surface area contributed by atoms with Gasteiger partial charge in [0.15, 0.2) is 0 Å². The van der Waals surface area contributed by atoms with Crippen LogP contribution in [0.2, 0.25) is 0 Å². The number of hydrogen-bond donors (Lipinski definition) is 0. The molecule has 0 aromatic heterocycles. The van der Waals surface area contributed by atoms with Crippen LogP contribution >= 0.6 is 22.6 Å². The molecule has 0 unspecified atom stereocenters. The molecule has 17 heavy (non-hydrogen) atoms. The van der Waals surface area contributed by atoms with Gasteiger partial charge in [-0.25, -0.2) is 4.79 Å². The fraction of sp³-hybridized carbons (Fsp3) is 0.300. The van der Waals surface area contributed by atoms with Crippen LogP contribution in [0.5, 0.6) is 0 Å². The maximum absolute atomic E-state index is 11.6. The lowest BCUT2D eigenvalue weighted by Gasteiger charge is -2.19. The van der Waals surface area contributed by atoms with Crippen LogP contribution in [0, 0.1) is 3.57 Å². The van der Waals surface area contributed by atoms with E-state index in [4.69, 9.17) is 10.3 Å². The minimum absolute atomic E-state index is 0.216. The highest BCUT2D eigenvalue weighted by atomic mass is 127. The maximum atomic E-state index is 11.6. The molecule has 1 amide bonds. The number of cyclic esters (lactones) is 1. The highest BCUT2D eigenvalue weighted by Crippen LogP contribution is 2.24. The summed E-state index contributed by atoms with van der Waals surface area (Å²) in [6.45, 7) is 0.470. The van der Waals surface area contributed by atoms with Crippen molar-refractivity contribution >= 4 is 34.4 Å². The van der Waals surface area contributed by atoms with Gasteiger partial charge in [0.25, 0.3) is 0 Å². The van der Waals surface area contributed by atoms with Crippen LogP contribution in [-0.2, 0) is 4.74 Å². The van der Waals surface area contributed by atoms with Crippen molar-refractivity contribution in [2.75, 3.05) is 18.1 Å². The predicted molar refractivity (Wildman–Crippen MR) is 70.8 cm³/mol. The summed E-state index contributed by atoms with van der Waals surface area (Å²) in [5, 5.41) is 3.49. The monoisotopic (exact) mass is 344 g/mol. The summed E-state index contributed by atoms with van der Waals surface area (Å²) in [7, 11) is 0. The normalized spacial score (nSPS) is 18.8. The Morgan fingerprint density at radius 2 is 2.24 bits per heavy atom. The molecule has 1 atom stereocenters. The van der Waals surface area contributed by atoms with Crippen molar-refractivity contribution in [3.8, 4) is 0 Å². The average molecular weight is 344 g/mol. The van der Waals surface area contributed by atoms with Gasteiger partial charge in [0.1, 0.15) is 6.61 Å². The van der Waals surface area contributed by atoms with E-state index in [1.165, 1.54) is 4.90 Å². The lowest BCUT2D eigenvalue weighted by Crippen LogP contribution is -2.35. The number of ether oxygens (including phenoxy) is 1. The van der Waals surface area contributed by atoms with Gasteiger partial charge in [-0.1, -0.05) is 5.11 Å². The van der Waals surface area contributed by atoms with Crippen molar-refractivity contribution < 1.29 is 9.53 Å². The molecule has 88 valence electrons. The Morgan fingerprint density at radius 1 is 1.53 bits per heavy atom. The Balaban J connectivity index is 2.23. The Hall–Kier alpha value is -1.47. The zero-order valence-electron chi connectivity index (χ0n) is 8.78. The van der Waals surface area contributed by atoms with E-state index >= 15 is 0 Å². The number of carbonyl (C=O) groups excluding carboxylic acids is 1. The van der Waals surface area contributed by atoms with E-state index in [2.05, 4.69) is 32.6 Å². The number of nitrogens with zero attached hydrogens (tertiary/aromatic N) is 4. The molecule has 1 aromatic carbocycles. The van der Waals surface area contributed by atoms with Gasteiger partial charge < -0.3 is 4.74 Å². The third-order valence-electron chi connectivity index (χ3n) is 2.42. The van der Waals surface area contributed by atoms with E-state index in [1.54, 1.807) is 0 Å². The molecule has 0 bridgehead atoms. The third-order valence-corrected chi connectivity index (χ3v) is 3.14. The summed E-state index contributed by atoms with van der Waals surface area (Å²) in [5.41, 5.74) is 9.05. The van der Waals surface area contributed by atoms with E-state index in [0.717, 1.165) is 9.26 Å². The quantitative estimate of drug-likeness (QED) is 0.366. The SMILES string of the molecule is [N-]=[N+]=NC[C@@H]1COC(=O)N1c1ccc(I)cc1. The molecule has 1 aliphatic heterocycles. The predicted octanol–water partition coefficient (Wildman–Crippen LogP) is 2.93. The molecule has 0 saturated carbocycles. The third kappa shape index (κ3) is 2.62. The van der Waals surface area contributed by atoms with Gasteiger partial charge in [-0.3, -0.25) is 4.90 Å². The molecule has 0 aliphatic carbocycles. The fourth-order valence-electron chi connectivity index (χ4n) is 1.64. The van der Waals surface area contributed by atoms with Gasteiger partial charge in [-0.15, -0.1) is 0 Å². The van der Waals surface area contributed by atoms with Crippen LogP contribution in [-0.4, -0.2) is 25.3 Å². The molecule has 1 saturated heterocycles. The number of anilines is 1. The summed E-state index contributed by atoms with van der Waals surface area (Å²) < 4.78 is 6.05. The topological polar surface area (TPSA) is 78.3 Å². The Labute approximate surface area is 111 Å². The van der Waals surface area contributed by atoms with Crippen molar-refractivity contribution in [3.05, 3.63) is 38.3 Å². The standard InChI is InChI=1S/C10H9IN4O2/c11-7-1-3-8(4-2-7)15-9(5-13-14-12)6-17-10(15)16/h1-4,9H,5-6H2/t9-/m1/s1. The van der Waals surface area contributed by atoms with E-state index in [0.29, 0.717) is 0 Å². The first-order valence-corrected chi connectivity index (χ1v) is 6.02. The zero-order valence-corrected chi connectivity index (χ0v) is 10.9. The van der Waals surface area contributed by atoms with Gasteiger partial charge in [-0.2, -0.15) is 0 Å². The lowest BCUT2D eigenvalue weighted by atomic mass is 10.2. The molecule has 1 heterocycles. The number of rotatable bonds is 3. The lowest BCUT2D eigenvalue weighted by molar-refractivity contribution is 0.179. The maximum Gasteiger partial charge on any atom is 0.414 e. The van der Waals surface area contributed by atoms with Crippen LogP contribution in [0.1, 0.15) is 0 Å². The Bertz CT molecular complexity index is 470. The molecular weight excluding hydrogens is 335 g/mol. The molecule has 0 N–H and O–H groups in total. The molecule has 1 fully saturated rings. The summed E-state index contributed by atoms with van der Waals surface area (Å²) in [4.78, 5) is 15.8. The molecule has 6 nitrogen and oxygen atoms in total. The van der Waals surface area contributed by atoms with Gasteiger partial charge >= 0.3 is 6.09 Å². The number of amides is 1. The summed E-state index contributed by atoms with van der Waals surface area (Å²) in [6, 6.07) is 7.28. The number of benzene rings is 1. The van der Waals surface area contributed by atoms with Crippen molar-refractivity contribution in [2.45, 2.75) is 6.04 Å². The largest absolute Gasteiger partial charge is 0.447 e. The molecular formula is C10H9IN4O2. The molecule has 0 radical (unpaired) electrons. The average Bonchev–Trinajstić information content (AvgIpc) is 2.69. The van der Waals surface area contributed by atoms with E-state index in [9.17, 15) is 4.79 Å². The highest BCUT2D eigenvalue weighted by molar-refractivity contribution is 14.1. The summed E-state index contributed by atoms with van der Waals surface area (Å²) >= 11 is 2.19. The van der Waals surface area contributed by atoms with Crippen molar-refractivity contribution in [3.63, 3.8) is 0 Å². The van der Waals surface area contributed by atoms with Gasteiger partial charge in [0.05, 0.1) is 12.6 Å². The van der Waals surface area contributed by atoms with Gasteiger partial charge in [-0.05, 0) is 52.4 Å². The van der Waals surface area contributed by atoms with E-state index in [1.807, 2.05) is 24.3 Å². The second-order valence-corrected chi connectivity index (χ2v) is 4.74. The first-order chi connectivity index (χ1) is 8.22. The van der Waals surface area contributed by atoms with E-state index in [-0.39, 0.29) is 19.2 Å². The smallest absolute Gasteiger partial charge is 0.414 e. The van der Waals surface area contributed by atoms with Crippen LogP contribution in [0.15, 0.2) is 29.4 Å². The van der Waals surface area contributed by atoms with Crippen LogP contribution < -0.4 is 4.90 Å². The minimum atomic E-state index is -0.399. The van der Waals surface area contributed by atoms with Crippen molar-refractivity contribution in [2.24, 2.45) is 5.11 Å². The van der Waals surface area contributed by atoms with Gasteiger partial charge in [0.2, 0.25) is 0 Å². The molecule has 0 spiro atoms. The number of carbonyl (C=O) groups is 1. The second-order valence-electron chi connectivity index (χ2n) is 3.49. The second kappa shape index (κ2) is 5.24. The molecule has 1 aromatic rings. The molecule has 2 rings (SSSR count). The minimum Gasteiger partial charge on any atom is -0.447 e. The molecule has 7 heteroatoms. The number of hydrogen-bond acceptors (Lipinski definition) is 3. The first-order valence-electron chi connectivity index (χ1n) is 4.95. The zero-order chi connectivity index (χ0) is 12.3. The summed E-state index contributed by atoms with van der Waals surface area (Å²) in [6.07, 6.45) is -0.399. The first kappa shape index (κ1) is 12.0. The summed E-state index contributed by atoms with van der Waals surface area (Å²) in [5.74, 6) is 0. The van der Waals surface area contributed by atoms with Crippen molar-refractivity contribution in [1.29, 1.82) is 0 Å². The van der Waals surface area contributed by atoms with Crippen molar-refractivity contribution in [1.82, 2.24) is 0 Å². The highest BCUT2D eigenvalue weighted by Gasteiger charge is 2.33. The Morgan fingerprint density at radius 3 is 2.88 bits per heavy atom. The van der Waals surface area contributed by atoms with Crippen LogP contribution in [0.4, 0.5) is 10.5 Å². The Kier molecular flexibility index (Phi) is 3.70. The molecule has 1 aliphatic rings. The number of halogens is 1. The van der Waals surface area contributed by atoms with E-state index < -0.39 is 6.09 Å². The fourth-order valence-corrected chi connectivity index (χ4v) is 2.00. The number of azide groups is 1. The van der Waals surface area contributed by atoms with Crippen LogP contribution in [0.25, 0.3) is 10.4 Å². The van der Waals surface area contributed by atoms with Crippen LogP contribution in [0.3, 0.4) is 0 Å².